The molecule has 1 saturated heterocycles. The maximum absolute atomic E-state index is 12.2. The molecule has 124 valence electrons. The largest absolute Gasteiger partial charge is 0.368 e. The van der Waals surface area contributed by atoms with Gasteiger partial charge in [-0.1, -0.05) is 29.8 Å². The van der Waals surface area contributed by atoms with E-state index in [0.29, 0.717) is 12.2 Å². The molecule has 0 spiro atoms. The van der Waals surface area contributed by atoms with Gasteiger partial charge in [-0.2, -0.15) is 0 Å². The summed E-state index contributed by atoms with van der Waals surface area (Å²) in [5, 5.41) is 0.820. The minimum absolute atomic E-state index is 0.359. The molecule has 1 fully saturated rings. The van der Waals surface area contributed by atoms with E-state index in [0.717, 1.165) is 61.8 Å². The number of benzene rings is 1. The second-order valence-corrected chi connectivity index (χ2v) is 6.84. The zero-order chi connectivity index (χ0) is 16.1. The SMILES string of the molecule is O=C(CCN1CCN(c2ccccc2Cl)CC1)C1=CCCCC1. The van der Waals surface area contributed by atoms with Gasteiger partial charge in [0.05, 0.1) is 10.7 Å². The minimum atomic E-state index is 0.359. The molecule has 0 N–H and O–H groups in total. The third-order valence-corrected chi connectivity index (χ3v) is 5.19. The van der Waals surface area contributed by atoms with Crippen LogP contribution in [0.3, 0.4) is 0 Å². The number of anilines is 1. The summed E-state index contributed by atoms with van der Waals surface area (Å²) in [5.41, 5.74) is 2.20. The molecule has 0 radical (unpaired) electrons. The molecule has 1 aliphatic carbocycles. The lowest BCUT2D eigenvalue weighted by molar-refractivity contribution is -0.116. The summed E-state index contributed by atoms with van der Waals surface area (Å²) < 4.78 is 0. The van der Waals surface area contributed by atoms with Gasteiger partial charge < -0.3 is 4.90 Å². The van der Waals surface area contributed by atoms with Gasteiger partial charge in [-0.3, -0.25) is 9.69 Å². The molecule has 1 aromatic rings. The maximum atomic E-state index is 12.2. The maximum Gasteiger partial charge on any atom is 0.159 e. The number of ketones is 1. The van der Waals surface area contributed by atoms with Crippen LogP contribution in [-0.4, -0.2) is 43.4 Å². The smallest absolute Gasteiger partial charge is 0.159 e. The Morgan fingerprint density at radius 2 is 1.87 bits per heavy atom. The first-order valence-corrected chi connectivity index (χ1v) is 9.06. The average molecular weight is 333 g/mol. The van der Waals surface area contributed by atoms with Crippen LogP contribution >= 0.6 is 11.6 Å². The van der Waals surface area contributed by atoms with E-state index in [1.807, 2.05) is 18.2 Å². The molecule has 1 aromatic carbocycles. The summed E-state index contributed by atoms with van der Waals surface area (Å²) in [6, 6.07) is 8.02. The van der Waals surface area contributed by atoms with Gasteiger partial charge in [-0.15, -0.1) is 0 Å². The van der Waals surface area contributed by atoms with Crippen LogP contribution in [0.25, 0.3) is 0 Å². The van der Waals surface area contributed by atoms with Crippen molar-refractivity contribution in [2.24, 2.45) is 0 Å². The molecule has 3 rings (SSSR count). The highest BCUT2D eigenvalue weighted by Crippen LogP contribution is 2.26. The van der Waals surface area contributed by atoms with Crippen molar-refractivity contribution in [2.75, 3.05) is 37.6 Å². The average Bonchev–Trinajstić information content (AvgIpc) is 2.61. The molecule has 1 aliphatic heterocycles. The molecule has 0 unspecified atom stereocenters. The van der Waals surface area contributed by atoms with Crippen LogP contribution in [0.4, 0.5) is 5.69 Å². The van der Waals surface area contributed by atoms with E-state index in [9.17, 15) is 4.79 Å². The number of halogens is 1. The van der Waals surface area contributed by atoms with E-state index in [2.05, 4.69) is 21.9 Å². The molecule has 0 aromatic heterocycles. The fourth-order valence-corrected chi connectivity index (χ4v) is 3.69. The van der Waals surface area contributed by atoms with Gasteiger partial charge >= 0.3 is 0 Å². The normalized spacial score (nSPS) is 19.5. The number of nitrogens with zero attached hydrogens (tertiary/aromatic N) is 2. The summed E-state index contributed by atoms with van der Waals surface area (Å²) in [4.78, 5) is 17.0. The number of hydrogen-bond donors (Lipinski definition) is 0. The van der Waals surface area contributed by atoms with Crippen molar-refractivity contribution in [3.8, 4) is 0 Å². The fraction of sp³-hybridized carbons (Fsp3) is 0.526. The lowest BCUT2D eigenvalue weighted by Gasteiger charge is -2.36. The number of allylic oxidation sites excluding steroid dienone is 2. The number of piperazine rings is 1. The van der Waals surface area contributed by atoms with Crippen LogP contribution in [0.5, 0.6) is 0 Å². The first-order valence-electron chi connectivity index (χ1n) is 8.68. The Hall–Kier alpha value is -1.32. The Kier molecular flexibility index (Phi) is 5.74. The summed E-state index contributed by atoms with van der Waals surface area (Å²) in [6.45, 7) is 4.82. The van der Waals surface area contributed by atoms with Crippen LogP contribution < -0.4 is 4.90 Å². The molecule has 0 bridgehead atoms. The molecule has 3 nitrogen and oxygen atoms in total. The molecule has 0 saturated carbocycles. The fourth-order valence-electron chi connectivity index (χ4n) is 3.43. The molecule has 0 atom stereocenters. The van der Waals surface area contributed by atoms with Crippen LogP contribution in [-0.2, 0) is 4.79 Å². The summed E-state index contributed by atoms with van der Waals surface area (Å²) >= 11 is 6.28. The van der Waals surface area contributed by atoms with Gasteiger partial charge in [-0.05, 0) is 43.4 Å². The van der Waals surface area contributed by atoms with Crippen molar-refractivity contribution >= 4 is 23.1 Å². The molecule has 4 heteroatoms. The first-order chi connectivity index (χ1) is 11.2. The molecular weight excluding hydrogens is 308 g/mol. The third kappa shape index (κ3) is 4.36. The number of carbonyl (C=O) groups excluding carboxylic acids is 1. The van der Waals surface area contributed by atoms with E-state index in [-0.39, 0.29) is 0 Å². The van der Waals surface area contributed by atoms with Gasteiger partial charge in [0.1, 0.15) is 0 Å². The highest BCUT2D eigenvalue weighted by atomic mass is 35.5. The van der Waals surface area contributed by atoms with Crippen molar-refractivity contribution < 1.29 is 4.79 Å². The predicted octanol–water partition coefficient (Wildman–Crippen LogP) is 3.92. The van der Waals surface area contributed by atoms with Crippen LogP contribution in [0, 0.1) is 0 Å². The first kappa shape index (κ1) is 16.5. The Balaban J connectivity index is 1.45. The van der Waals surface area contributed by atoms with Crippen LogP contribution in [0.2, 0.25) is 5.02 Å². The summed E-state index contributed by atoms with van der Waals surface area (Å²) in [6.07, 6.45) is 7.30. The molecular formula is C19H25ClN2O. The van der Waals surface area contributed by atoms with Crippen LogP contribution in [0.15, 0.2) is 35.9 Å². The monoisotopic (exact) mass is 332 g/mol. The molecule has 1 heterocycles. The zero-order valence-corrected chi connectivity index (χ0v) is 14.4. The van der Waals surface area contributed by atoms with E-state index >= 15 is 0 Å². The molecule has 0 amide bonds. The van der Waals surface area contributed by atoms with E-state index in [1.165, 1.54) is 12.8 Å². The summed E-state index contributed by atoms with van der Waals surface area (Å²) in [7, 11) is 0. The topological polar surface area (TPSA) is 23.6 Å². The summed E-state index contributed by atoms with van der Waals surface area (Å²) in [5.74, 6) is 0.359. The Bertz CT molecular complexity index is 576. The van der Waals surface area contributed by atoms with Crippen LogP contribution in [0.1, 0.15) is 32.1 Å². The third-order valence-electron chi connectivity index (χ3n) is 4.87. The second kappa shape index (κ2) is 7.98. The highest BCUT2D eigenvalue weighted by molar-refractivity contribution is 6.33. The Morgan fingerprint density at radius 1 is 1.09 bits per heavy atom. The highest BCUT2D eigenvalue weighted by Gasteiger charge is 2.20. The van der Waals surface area contributed by atoms with Gasteiger partial charge in [0.25, 0.3) is 0 Å². The van der Waals surface area contributed by atoms with E-state index < -0.39 is 0 Å². The molecule has 2 aliphatic rings. The lowest BCUT2D eigenvalue weighted by atomic mass is 9.95. The van der Waals surface area contributed by atoms with Crippen molar-refractivity contribution in [1.82, 2.24) is 4.90 Å². The Morgan fingerprint density at radius 3 is 2.57 bits per heavy atom. The predicted molar refractivity (Wildman–Crippen MR) is 96.3 cm³/mol. The Labute approximate surface area is 143 Å². The van der Waals surface area contributed by atoms with Gasteiger partial charge in [-0.25, -0.2) is 0 Å². The number of para-hydroxylation sites is 1. The van der Waals surface area contributed by atoms with Gasteiger partial charge in [0.15, 0.2) is 5.78 Å². The van der Waals surface area contributed by atoms with Gasteiger partial charge in [0.2, 0.25) is 0 Å². The van der Waals surface area contributed by atoms with Crippen molar-refractivity contribution in [3.63, 3.8) is 0 Å². The van der Waals surface area contributed by atoms with Crippen molar-refractivity contribution in [3.05, 3.63) is 40.9 Å². The molecule has 23 heavy (non-hydrogen) atoms. The second-order valence-electron chi connectivity index (χ2n) is 6.43. The quantitative estimate of drug-likeness (QED) is 0.816. The zero-order valence-electron chi connectivity index (χ0n) is 13.6. The van der Waals surface area contributed by atoms with E-state index in [1.54, 1.807) is 0 Å². The number of Topliss-reactive ketones (excluding diaryl/α,β-unsaturated/α-hetero) is 1. The number of carbonyl (C=O) groups is 1. The van der Waals surface area contributed by atoms with Gasteiger partial charge in [0, 0.05) is 39.1 Å². The number of rotatable bonds is 5. The van der Waals surface area contributed by atoms with Crippen molar-refractivity contribution in [2.45, 2.75) is 32.1 Å². The lowest BCUT2D eigenvalue weighted by Crippen LogP contribution is -2.47. The standard InChI is InChI=1S/C19H25ClN2O/c20-17-8-4-5-9-18(17)22-14-12-21(13-15-22)11-10-19(23)16-6-2-1-3-7-16/h4-6,8-9H,1-3,7,10-15H2. The number of hydrogen-bond acceptors (Lipinski definition) is 3. The minimum Gasteiger partial charge on any atom is -0.368 e. The van der Waals surface area contributed by atoms with Crippen molar-refractivity contribution in [1.29, 1.82) is 0 Å². The van der Waals surface area contributed by atoms with E-state index in [4.69, 9.17) is 11.6 Å².